The summed E-state index contributed by atoms with van der Waals surface area (Å²) in [5.74, 6) is -0.369. The summed E-state index contributed by atoms with van der Waals surface area (Å²) >= 11 is 0. The smallest absolute Gasteiger partial charge is 0.332 e. The van der Waals surface area contributed by atoms with Gasteiger partial charge in [0.25, 0.3) is 5.69 Å². The predicted octanol–water partition coefficient (Wildman–Crippen LogP) is 0.968. The SMILES string of the molecule is C/C(CC(=O)Nc1ccc([N+](=O)[O-])cc1)=N/NC(N)=O. The second kappa shape index (κ2) is 6.83. The zero-order valence-corrected chi connectivity index (χ0v) is 10.6. The number of amides is 3. The monoisotopic (exact) mass is 279 g/mol. The number of non-ortho nitro benzene ring substituents is 1. The van der Waals surface area contributed by atoms with Gasteiger partial charge in [0.15, 0.2) is 0 Å². The van der Waals surface area contributed by atoms with Crippen molar-refractivity contribution in [2.24, 2.45) is 10.8 Å². The number of nitro benzene ring substituents is 1. The predicted molar refractivity (Wildman–Crippen MR) is 72.2 cm³/mol. The lowest BCUT2D eigenvalue weighted by atomic mass is 10.2. The summed E-state index contributed by atoms with van der Waals surface area (Å²) in [7, 11) is 0. The molecule has 0 fully saturated rings. The van der Waals surface area contributed by atoms with Crippen molar-refractivity contribution in [3.8, 4) is 0 Å². The van der Waals surface area contributed by atoms with E-state index in [2.05, 4.69) is 10.4 Å². The van der Waals surface area contributed by atoms with Crippen LogP contribution in [0.2, 0.25) is 0 Å². The number of benzene rings is 1. The number of nitrogens with two attached hydrogens (primary N) is 1. The molecule has 1 aromatic carbocycles. The van der Waals surface area contributed by atoms with Crippen LogP contribution in [-0.2, 0) is 4.79 Å². The van der Waals surface area contributed by atoms with Crippen LogP contribution in [0.4, 0.5) is 16.2 Å². The molecule has 9 nitrogen and oxygen atoms in total. The quantitative estimate of drug-likeness (QED) is 0.419. The van der Waals surface area contributed by atoms with Crippen molar-refractivity contribution >= 4 is 29.0 Å². The minimum Gasteiger partial charge on any atom is -0.350 e. The minimum absolute atomic E-state index is 0.0444. The average molecular weight is 279 g/mol. The maximum atomic E-state index is 11.6. The maximum Gasteiger partial charge on any atom is 0.332 e. The van der Waals surface area contributed by atoms with Crippen molar-refractivity contribution in [2.45, 2.75) is 13.3 Å². The molecule has 9 heteroatoms. The molecule has 0 atom stereocenters. The Labute approximate surface area is 114 Å². The van der Waals surface area contributed by atoms with Crippen LogP contribution < -0.4 is 16.5 Å². The molecule has 0 saturated carbocycles. The van der Waals surface area contributed by atoms with Gasteiger partial charge in [0.1, 0.15) is 0 Å². The molecule has 0 heterocycles. The molecule has 0 aliphatic heterocycles. The molecule has 0 aromatic heterocycles. The zero-order valence-electron chi connectivity index (χ0n) is 10.6. The van der Waals surface area contributed by atoms with E-state index in [1.165, 1.54) is 24.3 Å². The minimum atomic E-state index is -0.819. The van der Waals surface area contributed by atoms with Crippen molar-refractivity contribution in [2.75, 3.05) is 5.32 Å². The van der Waals surface area contributed by atoms with E-state index in [4.69, 9.17) is 5.73 Å². The molecule has 1 rings (SSSR count). The summed E-state index contributed by atoms with van der Waals surface area (Å²) in [6, 6.07) is 4.59. The molecule has 4 N–H and O–H groups in total. The Morgan fingerprint density at radius 3 is 2.45 bits per heavy atom. The lowest BCUT2D eigenvalue weighted by molar-refractivity contribution is -0.384. The number of urea groups is 1. The molecule has 0 radical (unpaired) electrons. The summed E-state index contributed by atoms with van der Waals surface area (Å²) in [5, 5.41) is 16.6. The van der Waals surface area contributed by atoms with Crippen LogP contribution in [0.5, 0.6) is 0 Å². The third-order valence-corrected chi connectivity index (χ3v) is 2.14. The Morgan fingerprint density at radius 1 is 1.35 bits per heavy atom. The zero-order chi connectivity index (χ0) is 15.1. The highest BCUT2D eigenvalue weighted by Crippen LogP contribution is 2.15. The first-order chi connectivity index (χ1) is 9.38. The van der Waals surface area contributed by atoms with Gasteiger partial charge in [-0.15, -0.1) is 0 Å². The van der Waals surface area contributed by atoms with Crippen molar-refractivity contribution in [1.82, 2.24) is 5.43 Å². The number of rotatable bonds is 5. The van der Waals surface area contributed by atoms with Crippen molar-refractivity contribution in [1.29, 1.82) is 0 Å². The van der Waals surface area contributed by atoms with E-state index in [1.807, 2.05) is 5.43 Å². The highest BCUT2D eigenvalue weighted by molar-refractivity contribution is 6.05. The van der Waals surface area contributed by atoms with E-state index >= 15 is 0 Å². The van der Waals surface area contributed by atoms with Gasteiger partial charge in [0.2, 0.25) is 5.91 Å². The number of nitrogens with one attached hydrogen (secondary N) is 2. The first-order valence-corrected chi connectivity index (χ1v) is 5.51. The summed E-state index contributed by atoms with van der Waals surface area (Å²) in [5.41, 5.74) is 7.55. The number of hydrogen-bond acceptors (Lipinski definition) is 5. The van der Waals surface area contributed by atoms with Crippen LogP contribution in [-0.4, -0.2) is 22.6 Å². The third-order valence-electron chi connectivity index (χ3n) is 2.14. The number of anilines is 1. The third kappa shape index (κ3) is 5.12. The summed E-state index contributed by atoms with van der Waals surface area (Å²) < 4.78 is 0. The van der Waals surface area contributed by atoms with Gasteiger partial charge >= 0.3 is 6.03 Å². The van der Waals surface area contributed by atoms with Crippen molar-refractivity contribution < 1.29 is 14.5 Å². The molecular weight excluding hydrogens is 266 g/mol. The van der Waals surface area contributed by atoms with Gasteiger partial charge < -0.3 is 11.1 Å². The van der Waals surface area contributed by atoms with Gasteiger partial charge in [-0.3, -0.25) is 14.9 Å². The first-order valence-electron chi connectivity index (χ1n) is 5.51. The molecular formula is C11H13N5O4. The Hall–Kier alpha value is -2.97. The second-order valence-corrected chi connectivity index (χ2v) is 3.85. The number of primary amides is 1. The topological polar surface area (TPSA) is 140 Å². The highest BCUT2D eigenvalue weighted by Gasteiger charge is 2.07. The number of carbonyl (C=O) groups excluding carboxylic acids is 2. The summed E-state index contributed by atoms with van der Waals surface area (Å²) in [6.45, 7) is 1.55. The molecule has 20 heavy (non-hydrogen) atoms. The standard InChI is InChI=1S/C11H13N5O4/c1-7(14-15-11(12)18)6-10(17)13-8-2-4-9(5-3-8)16(19)20/h2-5H,6H2,1H3,(H,13,17)(H3,12,15,18)/b14-7-. The van der Waals surface area contributed by atoms with Gasteiger partial charge in [0, 0.05) is 23.5 Å². The summed E-state index contributed by atoms with van der Waals surface area (Å²) in [4.78, 5) is 32.0. The van der Waals surface area contributed by atoms with Crippen LogP contribution >= 0.6 is 0 Å². The fraction of sp³-hybridized carbons (Fsp3) is 0.182. The Kier molecular flexibility index (Phi) is 5.15. The first kappa shape index (κ1) is 15.1. The number of nitrogens with zero attached hydrogens (tertiary/aromatic N) is 2. The largest absolute Gasteiger partial charge is 0.350 e. The number of hydrazone groups is 1. The number of carbonyl (C=O) groups is 2. The molecule has 0 spiro atoms. The van der Waals surface area contributed by atoms with E-state index in [0.717, 1.165) is 0 Å². The van der Waals surface area contributed by atoms with Gasteiger partial charge in [-0.2, -0.15) is 5.10 Å². The molecule has 3 amide bonds. The van der Waals surface area contributed by atoms with Crippen molar-refractivity contribution in [3.05, 3.63) is 34.4 Å². The average Bonchev–Trinajstić information content (AvgIpc) is 2.36. The van der Waals surface area contributed by atoms with Crippen LogP contribution in [0, 0.1) is 10.1 Å². The normalized spacial score (nSPS) is 10.8. The van der Waals surface area contributed by atoms with Crippen LogP contribution in [0.25, 0.3) is 0 Å². The fourth-order valence-corrected chi connectivity index (χ4v) is 1.29. The molecule has 0 saturated heterocycles. The molecule has 0 bridgehead atoms. The van der Waals surface area contributed by atoms with E-state index in [9.17, 15) is 19.7 Å². The van der Waals surface area contributed by atoms with Crippen LogP contribution in [0.1, 0.15) is 13.3 Å². The Balaban J connectivity index is 2.56. The molecule has 0 unspecified atom stereocenters. The lowest BCUT2D eigenvalue weighted by Crippen LogP contribution is -2.26. The highest BCUT2D eigenvalue weighted by atomic mass is 16.6. The number of nitro groups is 1. The number of hydrogen-bond donors (Lipinski definition) is 3. The maximum absolute atomic E-state index is 11.6. The molecule has 1 aromatic rings. The second-order valence-electron chi connectivity index (χ2n) is 3.85. The van der Waals surface area contributed by atoms with E-state index in [1.54, 1.807) is 6.92 Å². The van der Waals surface area contributed by atoms with Crippen LogP contribution in [0.15, 0.2) is 29.4 Å². The van der Waals surface area contributed by atoms with Crippen LogP contribution in [0.3, 0.4) is 0 Å². The van der Waals surface area contributed by atoms with Crippen molar-refractivity contribution in [3.63, 3.8) is 0 Å². The fourth-order valence-electron chi connectivity index (χ4n) is 1.29. The van der Waals surface area contributed by atoms with Gasteiger partial charge in [0.05, 0.1) is 11.3 Å². The Bertz CT molecular complexity index is 552. The van der Waals surface area contributed by atoms with E-state index < -0.39 is 11.0 Å². The molecule has 0 aliphatic rings. The van der Waals surface area contributed by atoms with Gasteiger partial charge in [-0.25, -0.2) is 10.2 Å². The Morgan fingerprint density at radius 2 is 1.95 bits per heavy atom. The van der Waals surface area contributed by atoms with E-state index in [-0.39, 0.29) is 18.0 Å². The van der Waals surface area contributed by atoms with E-state index in [0.29, 0.717) is 11.4 Å². The summed E-state index contributed by atoms with van der Waals surface area (Å²) in [6.07, 6.45) is -0.0444. The van der Waals surface area contributed by atoms with Gasteiger partial charge in [-0.05, 0) is 19.1 Å². The molecule has 0 aliphatic carbocycles. The van der Waals surface area contributed by atoms with Gasteiger partial charge in [-0.1, -0.05) is 0 Å². The lowest BCUT2D eigenvalue weighted by Gasteiger charge is -2.04. The molecule has 106 valence electrons.